The third kappa shape index (κ3) is 6.67. The molecule has 0 fully saturated rings. The monoisotopic (exact) mass is 359 g/mol. The van der Waals surface area contributed by atoms with Gasteiger partial charge in [-0.2, -0.15) is 0 Å². The molecule has 5 heteroatoms. The van der Waals surface area contributed by atoms with Crippen molar-refractivity contribution in [2.45, 2.75) is 27.7 Å². The van der Waals surface area contributed by atoms with E-state index in [-0.39, 0.29) is 11.7 Å². The molecule has 0 spiro atoms. The van der Waals surface area contributed by atoms with Crippen molar-refractivity contribution in [1.82, 2.24) is 4.90 Å². The molecule has 0 radical (unpaired) electrons. The summed E-state index contributed by atoms with van der Waals surface area (Å²) < 4.78 is 10.9. The maximum absolute atomic E-state index is 11.8. The van der Waals surface area contributed by atoms with E-state index < -0.39 is 0 Å². The number of ether oxygens (including phenoxy) is 2. The van der Waals surface area contributed by atoms with Crippen LogP contribution in [0.1, 0.15) is 33.3 Å². The second kappa shape index (κ2) is 11.8. The van der Waals surface area contributed by atoms with Gasteiger partial charge in [-0.05, 0) is 45.4 Å². The number of phenolic OH excluding ortho intramolecular Hbond substituents is 1. The van der Waals surface area contributed by atoms with Crippen LogP contribution in [0.4, 0.5) is 0 Å². The first-order valence-corrected chi connectivity index (χ1v) is 9.00. The number of benzene rings is 1. The molecule has 1 amide bonds. The Morgan fingerprint density at radius 3 is 2.00 bits per heavy atom. The number of nitrogens with zero attached hydrogens (tertiary/aromatic N) is 1. The zero-order chi connectivity index (χ0) is 19.4. The van der Waals surface area contributed by atoms with Crippen LogP contribution in [0.2, 0.25) is 0 Å². The highest BCUT2D eigenvalue weighted by Crippen LogP contribution is 2.38. The van der Waals surface area contributed by atoms with E-state index in [0.717, 1.165) is 5.56 Å². The van der Waals surface area contributed by atoms with Crippen molar-refractivity contribution in [2.24, 2.45) is 0 Å². The minimum Gasteiger partial charge on any atom is -0.502 e. The van der Waals surface area contributed by atoms with Crippen LogP contribution in [0.25, 0.3) is 6.08 Å². The normalized spacial score (nSPS) is 11.5. The lowest BCUT2D eigenvalue weighted by molar-refractivity contribution is -0.125. The number of carbonyl (C=O) groups excluding carboxylic acids is 1. The number of hydrogen-bond acceptors (Lipinski definition) is 4. The Hall–Kier alpha value is -2.69. The van der Waals surface area contributed by atoms with Gasteiger partial charge in [0.2, 0.25) is 11.7 Å². The Morgan fingerprint density at radius 2 is 1.50 bits per heavy atom. The van der Waals surface area contributed by atoms with Crippen LogP contribution in [0.5, 0.6) is 17.2 Å². The molecule has 0 unspecified atom stereocenters. The Kier molecular flexibility index (Phi) is 9.69. The van der Waals surface area contributed by atoms with Gasteiger partial charge in [0.05, 0.1) is 13.2 Å². The van der Waals surface area contributed by atoms with E-state index in [2.05, 4.69) is 0 Å². The van der Waals surface area contributed by atoms with Crippen LogP contribution >= 0.6 is 0 Å². The van der Waals surface area contributed by atoms with Gasteiger partial charge in [0, 0.05) is 19.2 Å². The molecule has 1 aromatic carbocycles. The van der Waals surface area contributed by atoms with Crippen molar-refractivity contribution >= 4 is 12.0 Å². The molecule has 5 nitrogen and oxygen atoms in total. The number of carbonyl (C=O) groups is 1. The van der Waals surface area contributed by atoms with Gasteiger partial charge in [-0.25, -0.2) is 0 Å². The minimum atomic E-state index is 0.00452. The number of hydrogen-bond donors (Lipinski definition) is 1. The lowest BCUT2D eigenvalue weighted by atomic mass is 10.1. The van der Waals surface area contributed by atoms with Crippen molar-refractivity contribution in [3.8, 4) is 17.2 Å². The lowest BCUT2D eigenvalue weighted by Crippen LogP contribution is -2.28. The van der Waals surface area contributed by atoms with Crippen LogP contribution in [0.15, 0.2) is 42.5 Å². The number of aromatic hydroxyl groups is 1. The lowest BCUT2D eigenvalue weighted by Gasteiger charge is -2.15. The van der Waals surface area contributed by atoms with Crippen molar-refractivity contribution in [3.63, 3.8) is 0 Å². The highest BCUT2D eigenvalue weighted by atomic mass is 16.5. The Morgan fingerprint density at radius 1 is 0.962 bits per heavy atom. The van der Waals surface area contributed by atoms with Crippen LogP contribution in [0, 0.1) is 0 Å². The van der Waals surface area contributed by atoms with E-state index in [0.29, 0.717) is 37.8 Å². The van der Waals surface area contributed by atoms with Crippen LogP contribution in [-0.4, -0.2) is 42.2 Å². The maximum atomic E-state index is 11.8. The fraction of sp³-hybridized carbons (Fsp3) is 0.381. The average Bonchev–Trinajstić information content (AvgIpc) is 2.63. The number of allylic oxidation sites excluding steroid dienone is 4. The van der Waals surface area contributed by atoms with E-state index in [4.69, 9.17) is 9.47 Å². The summed E-state index contributed by atoms with van der Waals surface area (Å²) in [6.45, 7) is 9.95. The molecule has 1 N–H and O–H groups in total. The molecule has 0 bridgehead atoms. The van der Waals surface area contributed by atoms with E-state index in [9.17, 15) is 9.90 Å². The quantitative estimate of drug-likeness (QED) is 0.503. The highest BCUT2D eigenvalue weighted by Gasteiger charge is 2.11. The Labute approximate surface area is 156 Å². The molecule has 0 atom stereocenters. The van der Waals surface area contributed by atoms with Gasteiger partial charge in [0.25, 0.3) is 0 Å². The highest BCUT2D eigenvalue weighted by molar-refractivity contribution is 5.87. The summed E-state index contributed by atoms with van der Waals surface area (Å²) in [5.74, 6) is 0.808. The zero-order valence-electron chi connectivity index (χ0n) is 16.1. The molecule has 0 aliphatic carbocycles. The summed E-state index contributed by atoms with van der Waals surface area (Å²) in [5.41, 5.74) is 0.850. The van der Waals surface area contributed by atoms with Gasteiger partial charge in [-0.3, -0.25) is 4.79 Å². The summed E-state index contributed by atoms with van der Waals surface area (Å²) in [4.78, 5) is 13.6. The molecule has 26 heavy (non-hydrogen) atoms. The van der Waals surface area contributed by atoms with Crippen molar-refractivity contribution in [1.29, 1.82) is 0 Å². The SMILES string of the molecule is CCOc1cc(/C=C/C=C/C=C/C(=O)N(CC)CC)cc(OCC)c1O. The molecular weight excluding hydrogens is 330 g/mol. The molecule has 142 valence electrons. The number of rotatable bonds is 10. The largest absolute Gasteiger partial charge is 0.502 e. The Bertz CT molecular complexity index is 631. The van der Waals surface area contributed by atoms with Gasteiger partial charge >= 0.3 is 0 Å². The first kappa shape index (κ1) is 21.4. The van der Waals surface area contributed by atoms with Gasteiger partial charge < -0.3 is 19.5 Å². The molecule has 0 saturated carbocycles. The van der Waals surface area contributed by atoms with Gasteiger partial charge in [-0.1, -0.05) is 30.4 Å². The molecule has 1 aromatic rings. The summed E-state index contributed by atoms with van der Waals surface area (Å²) in [5, 5.41) is 10.1. The fourth-order valence-electron chi connectivity index (χ4n) is 2.30. The second-order valence-electron chi connectivity index (χ2n) is 5.35. The van der Waals surface area contributed by atoms with Crippen molar-refractivity contribution < 1.29 is 19.4 Å². The minimum absolute atomic E-state index is 0.00452. The van der Waals surface area contributed by atoms with Crippen LogP contribution in [0.3, 0.4) is 0 Å². The number of amides is 1. The van der Waals surface area contributed by atoms with Crippen LogP contribution in [-0.2, 0) is 4.79 Å². The van der Waals surface area contributed by atoms with E-state index in [1.54, 1.807) is 35.3 Å². The Balaban J connectivity index is 2.79. The smallest absolute Gasteiger partial charge is 0.246 e. The van der Waals surface area contributed by atoms with E-state index >= 15 is 0 Å². The van der Waals surface area contributed by atoms with Crippen molar-refractivity contribution in [3.05, 3.63) is 48.1 Å². The topological polar surface area (TPSA) is 59.0 Å². The molecule has 0 heterocycles. The van der Waals surface area contributed by atoms with E-state index in [1.165, 1.54) is 0 Å². The van der Waals surface area contributed by atoms with Crippen LogP contribution < -0.4 is 9.47 Å². The predicted octanol–water partition coefficient (Wildman–Crippen LogP) is 4.18. The number of phenols is 1. The average molecular weight is 359 g/mol. The van der Waals surface area contributed by atoms with Crippen molar-refractivity contribution in [2.75, 3.05) is 26.3 Å². The first-order valence-electron chi connectivity index (χ1n) is 9.00. The predicted molar refractivity (Wildman–Crippen MR) is 106 cm³/mol. The molecule has 1 rings (SSSR count). The fourth-order valence-corrected chi connectivity index (χ4v) is 2.30. The van der Waals surface area contributed by atoms with Gasteiger partial charge in [0.1, 0.15) is 0 Å². The number of likely N-dealkylation sites (N-methyl/N-ethyl adjacent to an activating group) is 1. The molecule has 0 saturated heterocycles. The molecular formula is C21H29NO4. The first-order chi connectivity index (χ1) is 12.6. The summed E-state index contributed by atoms with van der Waals surface area (Å²) in [6.07, 6.45) is 10.6. The molecule has 0 aliphatic rings. The maximum Gasteiger partial charge on any atom is 0.246 e. The van der Waals surface area contributed by atoms with Gasteiger partial charge in [-0.15, -0.1) is 0 Å². The summed E-state index contributed by atoms with van der Waals surface area (Å²) in [7, 11) is 0. The zero-order valence-corrected chi connectivity index (χ0v) is 16.1. The second-order valence-corrected chi connectivity index (χ2v) is 5.35. The summed E-state index contributed by atoms with van der Waals surface area (Å²) >= 11 is 0. The standard InChI is InChI=1S/C21H29NO4/c1-5-22(6-2)20(23)14-12-10-9-11-13-17-15-18(25-7-3)21(24)19(16-17)26-8-4/h9-16,24H,5-8H2,1-4H3/b10-9+,13-11+,14-12+. The van der Waals surface area contributed by atoms with Gasteiger partial charge in [0.15, 0.2) is 11.5 Å². The third-order valence-electron chi connectivity index (χ3n) is 3.60. The third-order valence-corrected chi connectivity index (χ3v) is 3.60. The molecule has 0 aromatic heterocycles. The summed E-state index contributed by atoms with van der Waals surface area (Å²) in [6, 6.07) is 3.51. The molecule has 0 aliphatic heterocycles. The van der Waals surface area contributed by atoms with E-state index in [1.807, 2.05) is 45.9 Å².